The van der Waals surface area contributed by atoms with E-state index in [0.29, 0.717) is 18.6 Å². The Morgan fingerprint density at radius 2 is 2.12 bits per heavy atom. The van der Waals surface area contributed by atoms with Crippen LogP contribution in [0.5, 0.6) is 11.5 Å². The Bertz CT molecular complexity index is 374. The zero-order chi connectivity index (χ0) is 12.3. The predicted octanol–water partition coefficient (Wildman–Crippen LogP) is 2.69. The number of rotatable bonds is 5. The normalized spacial score (nSPS) is 17.4. The summed E-state index contributed by atoms with van der Waals surface area (Å²) in [5, 5.41) is 0. The van der Waals surface area contributed by atoms with Gasteiger partial charge in [-0.25, -0.2) is 0 Å². The molecule has 0 heterocycles. The van der Waals surface area contributed by atoms with Gasteiger partial charge < -0.3 is 15.2 Å². The molecule has 0 amide bonds. The lowest BCUT2D eigenvalue weighted by molar-refractivity contribution is 0.116. The molecule has 1 aromatic carbocycles. The average molecular weight is 235 g/mol. The quantitative estimate of drug-likeness (QED) is 0.853. The molecule has 1 fully saturated rings. The number of benzene rings is 1. The second-order valence-electron chi connectivity index (χ2n) is 4.72. The monoisotopic (exact) mass is 235 g/mol. The molecule has 0 radical (unpaired) electrons. The van der Waals surface area contributed by atoms with Gasteiger partial charge in [-0.15, -0.1) is 0 Å². The van der Waals surface area contributed by atoms with Gasteiger partial charge in [-0.05, 0) is 49.4 Å². The van der Waals surface area contributed by atoms with E-state index in [4.69, 9.17) is 15.2 Å². The van der Waals surface area contributed by atoms with Crippen molar-refractivity contribution in [3.05, 3.63) is 23.8 Å². The van der Waals surface area contributed by atoms with Crippen molar-refractivity contribution in [1.82, 2.24) is 0 Å². The minimum atomic E-state index is 0.352. The highest BCUT2D eigenvalue weighted by molar-refractivity contribution is 5.44. The molecule has 1 saturated carbocycles. The van der Waals surface area contributed by atoms with Crippen molar-refractivity contribution >= 4 is 0 Å². The minimum Gasteiger partial charge on any atom is -0.493 e. The summed E-state index contributed by atoms with van der Waals surface area (Å²) in [6.45, 7) is 2.77. The van der Waals surface area contributed by atoms with E-state index in [0.717, 1.165) is 24.3 Å². The van der Waals surface area contributed by atoms with Crippen LogP contribution in [0.15, 0.2) is 18.2 Å². The summed E-state index contributed by atoms with van der Waals surface area (Å²) in [6.07, 6.45) is 3.94. The van der Waals surface area contributed by atoms with Crippen LogP contribution in [0.2, 0.25) is 0 Å². The third-order valence-corrected chi connectivity index (χ3v) is 3.46. The van der Waals surface area contributed by atoms with Crippen molar-refractivity contribution in [1.29, 1.82) is 0 Å². The highest BCUT2D eigenvalue weighted by Crippen LogP contribution is 2.34. The molecule has 3 nitrogen and oxygen atoms in total. The van der Waals surface area contributed by atoms with Crippen molar-refractivity contribution in [2.24, 2.45) is 5.73 Å². The van der Waals surface area contributed by atoms with E-state index in [1.165, 1.54) is 12.0 Å². The molecule has 1 aliphatic rings. The van der Waals surface area contributed by atoms with E-state index in [2.05, 4.69) is 19.1 Å². The first kappa shape index (κ1) is 12.2. The van der Waals surface area contributed by atoms with Crippen LogP contribution < -0.4 is 15.2 Å². The first-order valence-corrected chi connectivity index (χ1v) is 6.29. The Labute approximate surface area is 103 Å². The fraction of sp³-hybridized carbons (Fsp3) is 0.571. The van der Waals surface area contributed by atoms with Gasteiger partial charge in [0.25, 0.3) is 0 Å². The van der Waals surface area contributed by atoms with Gasteiger partial charge in [-0.2, -0.15) is 0 Å². The van der Waals surface area contributed by atoms with E-state index < -0.39 is 0 Å². The molecule has 0 saturated heterocycles. The smallest absolute Gasteiger partial charge is 0.161 e. The topological polar surface area (TPSA) is 44.5 Å². The van der Waals surface area contributed by atoms with Crippen molar-refractivity contribution < 1.29 is 9.47 Å². The van der Waals surface area contributed by atoms with Crippen LogP contribution >= 0.6 is 0 Å². The Hall–Kier alpha value is -1.22. The van der Waals surface area contributed by atoms with Gasteiger partial charge in [-0.1, -0.05) is 13.0 Å². The number of methoxy groups -OCH3 is 1. The highest BCUT2D eigenvalue weighted by atomic mass is 16.5. The van der Waals surface area contributed by atoms with Gasteiger partial charge in [0.05, 0.1) is 13.2 Å². The molecule has 1 aromatic rings. The van der Waals surface area contributed by atoms with Crippen molar-refractivity contribution in [3.8, 4) is 11.5 Å². The SMILES string of the molecule is COc1ccc(C(C)CN)cc1OC1CCC1. The zero-order valence-electron chi connectivity index (χ0n) is 10.6. The Morgan fingerprint density at radius 3 is 2.65 bits per heavy atom. The molecule has 0 spiro atoms. The maximum Gasteiger partial charge on any atom is 0.161 e. The molecule has 1 aliphatic carbocycles. The van der Waals surface area contributed by atoms with Gasteiger partial charge in [0.1, 0.15) is 0 Å². The van der Waals surface area contributed by atoms with Crippen LogP contribution in [0.1, 0.15) is 37.7 Å². The minimum absolute atomic E-state index is 0.352. The summed E-state index contributed by atoms with van der Waals surface area (Å²) in [5.74, 6) is 2.02. The van der Waals surface area contributed by atoms with Crippen LogP contribution in [-0.2, 0) is 0 Å². The molecule has 1 atom stereocenters. The first-order chi connectivity index (χ1) is 8.24. The molecule has 2 N–H and O–H groups in total. The van der Waals surface area contributed by atoms with Crippen molar-refractivity contribution in [2.45, 2.75) is 38.2 Å². The molecular weight excluding hydrogens is 214 g/mol. The Kier molecular flexibility index (Phi) is 3.89. The van der Waals surface area contributed by atoms with Crippen LogP contribution in [0.25, 0.3) is 0 Å². The molecular formula is C14H21NO2. The van der Waals surface area contributed by atoms with Gasteiger partial charge in [-0.3, -0.25) is 0 Å². The molecule has 0 aliphatic heterocycles. The second kappa shape index (κ2) is 5.41. The molecule has 1 unspecified atom stereocenters. The second-order valence-corrected chi connectivity index (χ2v) is 4.72. The molecule has 94 valence electrons. The van der Waals surface area contributed by atoms with Crippen LogP contribution in [0, 0.1) is 0 Å². The van der Waals surface area contributed by atoms with Gasteiger partial charge >= 0.3 is 0 Å². The van der Waals surface area contributed by atoms with Crippen molar-refractivity contribution in [2.75, 3.05) is 13.7 Å². The third kappa shape index (κ3) is 2.72. The molecule has 0 aromatic heterocycles. The highest BCUT2D eigenvalue weighted by Gasteiger charge is 2.21. The van der Waals surface area contributed by atoms with Crippen LogP contribution in [0.4, 0.5) is 0 Å². The van der Waals surface area contributed by atoms with Crippen LogP contribution in [-0.4, -0.2) is 19.8 Å². The first-order valence-electron chi connectivity index (χ1n) is 6.29. The van der Waals surface area contributed by atoms with Gasteiger partial charge in [0, 0.05) is 0 Å². The summed E-state index contributed by atoms with van der Waals surface area (Å²) in [7, 11) is 1.68. The lowest BCUT2D eigenvalue weighted by atomic mass is 9.96. The molecule has 17 heavy (non-hydrogen) atoms. The van der Waals surface area contributed by atoms with E-state index in [1.54, 1.807) is 7.11 Å². The van der Waals surface area contributed by atoms with Crippen molar-refractivity contribution in [3.63, 3.8) is 0 Å². The largest absolute Gasteiger partial charge is 0.493 e. The Morgan fingerprint density at radius 1 is 1.35 bits per heavy atom. The number of hydrogen-bond acceptors (Lipinski definition) is 3. The summed E-state index contributed by atoms with van der Waals surface area (Å²) >= 11 is 0. The summed E-state index contributed by atoms with van der Waals surface area (Å²) in [5.41, 5.74) is 6.90. The standard InChI is InChI=1S/C14H21NO2/c1-10(9-15)11-6-7-13(16-2)14(8-11)17-12-4-3-5-12/h6-8,10,12H,3-5,9,15H2,1-2H3. The van der Waals surface area contributed by atoms with Crippen LogP contribution in [0.3, 0.4) is 0 Å². The lowest BCUT2D eigenvalue weighted by Crippen LogP contribution is -2.24. The number of ether oxygens (including phenoxy) is 2. The lowest BCUT2D eigenvalue weighted by Gasteiger charge is -2.27. The predicted molar refractivity (Wildman–Crippen MR) is 68.7 cm³/mol. The molecule has 0 bridgehead atoms. The molecule has 2 rings (SSSR count). The van der Waals surface area contributed by atoms with E-state index >= 15 is 0 Å². The maximum absolute atomic E-state index is 5.94. The van der Waals surface area contributed by atoms with E-state index in [1.807, 2.05) is 6.07 Å². The van der Waals surface area contributed by atoms with E-state index in [-0.39, 0.29) is 0 Å². The molecule has 3 heteroatoms. The Balaban J connectivity index is 2.19. The number of hydrogen-bond donors (Lipinski definition) is 1. The fourth-order valence-corrected chi connectivity index (χ4v) is 1.90. The average Bonchev–Trinajstić information content (AvgIpc) is 2.32. The third-order valence-electron chi connectivity index (χ3n) is 3.46. The number of nitrogens with two attached hydrogens (primary N) is 1. The van der Waals surface area contributed by atoms with Gasteiger partial charge in [0.2, 0.25) is 0 Å². The zero-order valence-corrected chi connectivity index (χ0v) is 10.6. The summed E-state index contributed by atoms with van der Waals surface area (Å²) < 4.78 is 11.3. The van der Waals surface area contributed by atoms with E-state index in [9.17, 15) is 0 Å². The van der Waals surface area contributed by atoms with Gasteiger partial charge in [0.15, 0.2) is 11.5 Å². The fourth-order valence-electron chi connectivity index (χ4n) is 1.90. The maximum atomic E-state index is 5.94. The summed E-state index contributed by atoms with van der Waals surface area (Å²) in [6, 6.07) is 6.09. The summed E-state index contributed by atoms with van der Waals surface area (Å²) in [4.78, 5) is 0.